The largest absolute Gasteiger partial charge is 0.481 e. The summed E-state index contributed by atoms with van der Waals surface area (Å²) in [7, 11) is 0. The van der Waals surface area contributed by atoms with Crippen molar-refractivity contribution >= 4 is 11.7 Å². The van der Waals surface area contributed by atoms with E-state index in [9.17, 15) is 9.90 Å². The number of carboxylic acids is 1. The van der Waals surface area contributed by atoms with Gasteiger partial charge in [0, 0.05) is 42.3 Å². The molecule has 3 heterocycles. The number of aromatic nitrogens is 2. The maximum Gasteiger partial charge on any atom is 0.307 e. The van der Waals surface area contributed by atoms with Crippen molar-refractivity contribution in [1.82, 2.24) is 9.97 Å². The Labute approximate surface area is 148 Å². The van der Waals surface area contributed by atoms with E-state index in [1.807, 2.05) is 31.3 Å². The lowest BCUT2D eigenvalue weighted by Gasteiger charge is -2.40. The van der Waals surface area contributed by atoms with Crippen molar-refractivity contribution in [3.63, 3.8) is 0 Å². The highest BCUT2D eigenvalue weighted by atomic mass is 16.4. The Morgan fingerprint density at radius 2 is 1.96 bits per heavy atom. The van der Waals surface area contributed by atoms with Gasteiger partial charge in [0.1, 0.15) is 0 Å². The maximum absolute atomic E-state index is 11.4. The summed E-state index contributed by atoms with van der Waals surface area (Å²) in [6, 6.07) is 5.78. The monoisotopic (exact) mass is 339 g/mol. The predicted molar refractivity (Wildman–Crippen MR) is 98.8 cm³/mol. The molecule has 1 aliphatic rings. The molecule has 1 fully saturated rings. The third kappa shape index (κ3) is 3.81. The Morgan fingerprint density at radius 3 is 2.56 bits per heavy atom. The first-order valence-electron chi connectivity index (χ1n) is 8.74. The summed E-state index contributed by atoms with van der Waals surface area (Å²) < 4.78 is 0. The summed E-state index contributed by atoms with van der Waals surface area (Å²) in [6.07, 6.45) is 5.74. The van der Waals surface area contributed by atoms with Crippen LogP contribution in [0.15, 0.2) is 30.6 Å². The lowest BCUT2D eigenvalue weighted by molar-refractivity contribution is -0.136. The van der Waals surface area contributed by atoms with Crippen molar-refractivity contribution in [3.8, 4) is 11.3 Å². The summed E-state index contributed by atoms with van der Waals surface area (Å²) in [4.78, 5) is 22.7. The van der Waals surface area contributed by atoms with Crippen LogP contribution in [0.1, 0.15) is 37.9 Å². The first kappa shape index (κ1) is 17.4. The molecule has 3 rings (SSSR count). The van der Waals surface area contributed by atoms with Gasteiger partial charge in [-0.05, 0) is 37.3 Å². The Hall–Kier alpha value is -2.43. The lowest BCUT2D eigenvalue weighted by Crippen LogP contribution is -2.38. The normalized spacial score (nSPS) is 16.7. The van der Waals surface area contributed by atoms with Gasteiger partial charge in [-0.3, -0.25) is 14.8 Å². The molecule has 0 aromatic carbocycles. The molecular weight excluding hydrogens is 314 g/mol. The molecule has 0 spiro atoms. The van der Waals surface area contributed by atoms with Gasteiger partial charge < -0.3 is 10.0 Å². The van der Waals surface area contributed by atoms with Gasteiger partial charge in [-0.25, -0.2) is 0 Å². The number of rotatable bonds is 4. The summed E-state index contributed by atoms with van der Waals surface area (Å²) >= 11 is 0. The second kappa shape index (κ2) is 6.82. The van der Waals surface area contributed by atoms with Crippen LogP contribution in [0.5, 0.6) is 0 Å². The van der Waals surface area contributed by atoms with Crippen LogP contribution in [0.4, 0.5) is 5.69 Å². The minimum Gasteiger partial charge on any atom is -0.481 e. The van der Waals surface area contributed by atoms with E-state index in [1.54, 1.807) is 6.20 Å². The third-order valence-corrected chi connectivity index (χ3v) is 5.07. The molecule has 25 heavy (non-hydrogen) atoms. The highest BCUT2D eigenvalue weighted by molar-refractivity contribution is 5.83. The fourth-order valence-electron chi connectivity index (χ4n) is 3.40. The molecule has 0 aliphatic carbocycles. The summed E-state index contributed by atoms with van der Waals surface area (Å²) in [5, 5.41) is 9.40. The number of aliphatic carboxylic acids is 1. The molecule has 0 amide bonds. The molecule has 0 radical (unpaired) electrons. The zero-order chi connectivity index (χ0) is 18.0. The molecular formula is C20H25N3O2. The molecule has 5 heteroatoms. The number of pyridine rings is 2. The van der Waals surface area contributed by atoms with Crippen LogP contribution in [-0.2, 0) is 11.2 Å². The minimum atomic E-state index is -0.832. The van der Waals surface area contributed by atoms with Gasteiger partial charge in [-0.15, -0.1) is 0 Å². The molecule has 2 aromatic rings. The number of hydrogen-bond acceptors (Lipinski definition) is 4. The van der Waals surface area contributed by atoms with Crippen molar-refractivity contribution in [2.75, 3.05) is 18.0 Å². The minimum absolute atomic E-state index is 0.0191. The van der Waals surface area contributed by atoms with E-state index in [4.69, 9.17) is 0 Å². The fraction of sp³-hybridized carbons (Fsp3) is 0.450. The highest BCUT2D eigenvalue weighted by Gasteiger charge is 2.29. The van der Waals surface area contributed by atoms with E-state index in [0.717, 1.165) is 54.1 Å². The number of nitrogens with zero attached hydrogens (tertiary/aromatic N) is 3. The van der Waals surface area contributed by atoms with E-state index in [0.29, 0.717) is 5.41 Å². The Kier molecular flexibility index (Phi) is 4.75. The van der Waals surface area contributed by atoms with E-state index >= 15 is 0 Å². The molecule has 1 aliphatic heterocycles. The molecule has 0 atom stereocenters. The van der Waals surface area contributed by atoms with Gasteiger partial charge in [0.25, 0.3) is 0 Å². The van der Waals surface area contributed by atoms with Gasteiger partial charge >= 0.3 is 5.97 Å². The Balaban J connectivity index is 2.11. The average Bonchev–Trinajstić information content (AvgIpc) is 2.57. The van der Waals surface area contributed by atoms with E-state index < -0.39 is 5.97 Å². The molecule has 0 unspecified atom stereocenters. The number of piperidine rings is 1. The molecule has 1 N–H and O–H groups in total. The van der Waals surface area contributed by atoms with Gasteiger partial charge in [0.2, 0.25) is 0 Å². The van der Waals surface area contributed by atoms with Crippen LogP contribution in [0.2, 0.25) is 0 Å². The van der Waals surface area contributed by atoms with Crippen LogP contribution in [0.3, 0.4) is 0 Å². The number of carbonyl (C=O) groups is 1. The van der Waals surface area contributed by atoms with Crippen molar-refractivity contribution in [1.29, 1.82) is 0 Å². The summed E-state index contributed by atoms with van der Waals surface area (Å²) in [5.41, 5.74) is 4.65. The van der Waals surface area contributed by atoms with Crippen LogP contribution >= 0.6 is 0 Å². The molecule has 2 aromatic heterocycles. The van der Waals surface area contributed by atoms with Crippen molar-refractivity contribution in [3.05, 3.63) is 41.9 Å². The maximum atomic E-state index is 11.4. The van der Waals surface area contributed by atoms with Gasteiger partial charge in [0.15, 0.2) is 0 Å². The van der Waals surface area contributed by atoms with Crippen LogP contribution in [0, 0.1) is 12.3 Å². The standard InChI is InChI=1S/C20H25N3O2/c1-14-15(12-18(24)25)19(23-10-7-20(2,3)8-11-23)16(13-22-14)17-6-4-5-9-21-17/h4-6,9,13H,7-8,10-12H2,1-3H3,(H,24,25). The fourth-order valence-corrected chi connectivity index (χ4v) is 3.40. The second-order valence-corrected chi connectivity index (χ2v) is 7.52. The number of carboxylic acid groups (broad SMARTS) is 1. The smallest absolute Gasteiger partial charge is 0.307 e. The highest BCUT2D eigenvalue weighted by Crippen LogP contribution is 2.39. The molecule has 5 nitrogen and oxygen atoms in total. The van der Waals surface area contributed by atoms with E-state index in [-0.39, 0.29) is 6.42 Å². The Bertz CT molecular complexity index is 762. The van der Waals surface area contributed by atoms with Gasteiger partial charge in [0.05, 0.1) is 17.8 Å². The first-order chi connectivity index (χ1) is 11.9. The van der Waals surface area contributed by atoms with Gasteiger partial charge in [-0.1, -0.05) is 19.9 Å². The summed E-state index contributed by atoms with van der Waals surface area (Å²) in [6.45, 7) is 8.31. The Morgan fingerprint density at radius 1 is 1.24 bits per heavy atom. The van der Waals surface area contributed by atoms with Crippen molar-refractivity contribution in [2.24, 2.45) is 5.41 Å². The van der Waals surface area contributed by atoms with Crippen molar-refractivity contribution in [2.45, 2.75) is 40.0 Å². The quantitative estimate of drug-likeness (QED) is 0.920. The average molecular weight is 339 g/mol. The lowest BCUT2D eigenvalue weighted by atomic mass is 9.82. The SMILES string of the molecule is Cc1ncc(-c2ccccn2)c(N2CCC(C)(C)CC2)c1CC(=O)O. The van der Waals surface area contributed by atoms with E-state index in [2.05, 4.69) is 28.7 Å². The van der Waals surface area contributed by atoms with E-state index in [1.165, 1.54) is 0 Å². The van der Waals surface area contributed by atoms with Crippen LogP contribution in [-0.4, -0.2) is 34.1 Å². The zero-order valence-corrected chi connectivity index (χ0v) is 15.1. The molecule has 132 valence electrons. The number of anilines is 1. The molecule has 0 saturated carbocycles. The zero-order valence-electron chi connectivity index (χ0n) is 15.1. The van der Waals surface area contributed by atoms with Gasteiger partial charge in [-0.2, -0.15) is 0 Å². The summed E-state index contributed by atoms with van der Waals surface area (Å²) in [5.74, 6) is -0.832. The predicted octanol–water partition coefficient (Wildman–Crippen LogP) is 3.71. The topological polar surface area (TPSA) is 66.3 Å². The van der Waals surface area contributed by atoms with Crippen LogP contribution in [0.25, 0.3) is 11.3 Å². The molecule has 1 saturated heterocycles. The van der Waals surface area contributed by atoms with Crippen molar-refractivity contribution < 1.29 is 9.90 Å². The number of aryl methyl sites for hydroxylation is 1. The first-order valence-corrected chi connectivity index (χ1v) is 8.74. The number of hydrogen-bond donors (Lipinski definition) is 1. The molecule has 0 bridgehead atoms. The van der Waals surface area contributed by atoms with Crippen LogP contribution < -0.4 is 4.90 Å². The third-order valence-electron chi connectivity index (χ3n) is 5.07. The second-order valence-electron chi connectivity index (χ2n) is 7.52.